The van der Waals surface area contributed by atoms with Crippen molar-refractivity contribution in [2.75, 3.05) is 18.4 Å². The van der Waals surface area contributed by atoms with Gasteiger partial charge in [-0.1, -0.05) is 6.42 Å². The Morgan fingerprint density at radius 2 is 1.85 bits per heavy atom. The summed E-state index contributed by atoms with van der Waals surface area (Å²) < 4.78 is 54.5. The highest BCUT2D eigenvalue weighted by Gasteiger charge is 2.33. The molecule has 0 spiro atoms. The lowest BCUT2D eigenvalue weighted by atomic mass is 10.2. The molecule has 1 N–H and O–H groups in total. The molecule has 0 bridgehead atoms. The molecule has 1 aromatic carbocycles. The average molecular weight is 384 g/mol. The lowest BCUT2D eigenvalue weighted by Crippen LogP contribution is -2.36. The summed E-state index contributed by atoms with van der Waals surface area (Å²) in [5, 5.41) is 5.97. The summed E-state index contributed by atoms with van der Waals surface area (Å²) in [6, 6.07) is 2.88. The van der Waals surface area contributed by atoms with Crippen molar-refractivity contribution in [2.24, 2.45) is 7.05 Å². The second-order valence-electron chi connectivity index (χ2n) is 6.07. The summed E-state index contributed by atoms with van der Waals surface area (Å²) >= 11 is 0. The Balaban J connectivity index is 1.90. The summed E-state index contributed by atoms with van der Waals surface area (Å²) in [5.74, 6) is -2.92. The molecule has 26 heavy (non-hydrogen) atoms. The van der Waals surface area contributed by atoms with E-state index >= 15 is 0 Å². The van der Waals surface area contributed by atoms with Crippen LogP contribution < -0.4 is 5.32 Å². The van der Waals surface area contributed by atoms with Gasteiger partial charge in [0.2, 0.25) is 5.03 Å². The van der Waals surface area contributed by atoms with Gasteiger partial charge in [0, 0.05) is 38.1 Å². The van der Waals surface area contributed by atoms with E-state index < -0.39 is 27.6 Å². The zero-order valence-electron chi connectivity index (χ0n) is 14.1. The Morgan fingerprint density at radius 1 is 1.15 bits per heavy atom. The smallest absolute Gasteiger partial charge is 0.263 e. The SMILES string of the molecule is Cn1cc(C(=O)Nc2ccc(F)c(F)c2)c(S(=O)(=O)N2CCCCC2)n1. The molecule has 1 aliphatic heterocycles. The third-order valence-electron chi connectivity index (χ3n) is 4.12. The first-order chi connectivity index (χ1) is 12.3. The van der Waals surface area contributed by atoms with Crippen LogP contribution in [0.2, 0.25) is 0 Å². The van der Waals surface area contributed by atoms with Crippen LogP contribution in [0.25, 0.3) is 0 Å². The van der Waals surface area contributed by atoms with Gasteiger partial charge < -0.3 is 5.32 Å². The van der Waals surface area contributed by atoms with Gasteiger partial charge in [0.1, 0.15) is 0 Å². The van der Waals surface area contributed by atoms with Crippen molar-refractivity contribution in [2.45, 2.75) is 24.3 Å². The molecule has 1 saturated heterocycles. The molecule has 1 aliphatic rings. The number of benzene rings is 1. The van der Waals surface area contributed by atoms with E-state index in [0.717, 1.165) is 31.4 Å². The van der Waals surface area contributed by atoms with Gasteiger partial charge in [0.15, 0.2) is 11.6 Å². The predicted molar refractivity (Wildman–Crippen MR) is 90.1 cm³/mol. The van der Waals surface area contributed by atoms with Crippen molar-refractivity contribution < 1.29 is 22.0 Å². The molecule has 0 atom stereocenters. The molecule has 1 aromatic heterocycles. The number of hydrogen-bond acceptors (Lipinski definition) is 4. The standard InChI is InChI=1S/C16H18F2N4O3S/c1-21-10-12(15(23)19-11-5-6-13(17)14(18)9-11)16(20-21)26(24,25)22-7-3-2-4-8-22/h5-6,9-10H,2-4,7-8H2,1H3,(H,19,23). The third kappa shape index (κ3) is 3.61. The van der Waals surface area contributed by atoms with E-state index in [4.69, 9.17) is 0 Å². The van der Waals surface area contributed by atoms with Gasteiger partial charge in [-0.25, -0.2) is 17.2 Å². The molecule has 0 saturated carbocycles. The van der Waals surface area contributed by atoms with E-state index in [2.05, 4.69) is 10.4 Å². The van der Waals surface area contributed by atoms with Crippen LogP contribution >= 0.6 is 0 Å². The zero-order valence-corrected chi connectivity index (χ0v) is 14.9. The first kappa shape index (κ1) is 18.5. The zero-order chi connectivity index (χ0) is 18.9. The summed E-state index contributed by atoms with van der Waals surface area (Å²) in [6.45, 7) is 0.756. The van der Waals surface area contributed by atoms with Crippen LogP contribution in [0.4, 0.5) is 14.5 Å². The number of halogens is 2. The van der Waals surface area contributed by atoms with E-state index in [1.165, 1.54) is 28.3 Å². The number of piperidine rings is 1. The Labute approximate surface area is 149 Å². The molecule has 2 heterocycles. The van der Waals surface area contributed by atoms with Crippen LogP contribution in [0.3, 0.4) is 0 Å². The molecular formula is C16H18F2N4O3S. The van der Waals surface area contributed by atoms with Gasteiger partial charge in [-0.15, -0.1) is 0 Å². The molecule has 1 fully saturated rings. The fraction of sp³-hybridized carbons (Fsp3) is 0.375. The molecule has 0 radical (unpaired) electrons. The minimum atomic E-state index is -3.92. The maximum atomic E-state index is 13.3. The fourth-order valence-corrected chi connectivity index (χ4v) is 4.45. The molecule has 0 aliphatic carbocycles. The Bertz CT molecular complexity index is 937. The van der Waals surface area contributed by atoms with Crippen molar-refractivity contribution >= 4 is 21.6 Å². The molecule has 140 valence electrons. The van der Waals surface area contributed by atoms with Crippen molar-refractivity contribution in [3.63, 3.8) is 0 Å². The number of amides is 1. The van der Waals surface area contributed by atoms with Crippen molar-refractivity contribution in [3.05, 3.63) is 41.6 Å². The normalized spacial score (nSPS) is 15.8. The van der Waals surface area contributed by atoms with Crippen LogP contribution in [0.5, 0.6) is 0 Å². The van der Waals surface area contributed by atoms with Crippen LogP contribution in [0.15, 0.2) is 29.4 Å². The fourth-order valence-electron chi connectivity index (χ4n) is 2.81. The average Bonchev–Trinajstić information content (AvgIpc) is 3.02. The Kier molecular flexibility index (Phi) is 5.05. The highest BCUT2D eigenvalue weighted by molar-refractivity contribution is 7.89. The summed E-state index contributed by atoms with van der Waals surface area (Å²) in [6.07, 6.45) is 3.74. The van der Waals surface area contributed by atoms with E-state index in [0.29, 0.717) is 13.1 Å². The van der Waals surface area contributed by atoms with Gasteiger partial charge in [-0.2, -0.15) is 9.40 Å². The second-order valence-corrected chi connectivity index (χ2v) is 7.92. The first-order valence-electron chi connectivity index (χ1n) is 8.09. The number of sulfonamides is 1. The molecule has 10 heteroatoms. The number of aryl methyl sites for hydroxylation is 1. The number of anilines is 1. The lowest BCUT2D eigenvalue weighted by Gasteiger charge is -2.25. The Morgan fingerprint density at radius 3 is 2.50 bits per heavy atom. The Hall–Kier alpha value is -2.33. The van der Waals surface area contributed by atoms with E-state index in [-0.39, 0.29) is 16.3 Å². The number of carbonyl (C=O) groups is 1. The maximum absolute atomic E-state index is 13.3. The topological polar surface area (TPSA) is 84.3 Å². The number of nitrogens with zero attached hydrogens (tertiary/aromatic N) is 3. The molecule has 3 rings (SSSR count). The first-order valence-corrected chi connectivity index (χ1v) is 9.53. The summed E-state index contributed by atoms with van der Waals surface area (Å²) in [4.78, 5) is 12.5. The number of carbonyl (C=O) groups excluding carboxylic acids is 1. The van der Waals surface area contributed by atoms with Gasteiger partial charge in [-0.3, -0.25) is 9.48 Å². The second kappa shape index (κ2) is 7.12. The molecular weight excluding hydrogens is 366 g/mol. The van der Waals surface area contributed by atoms with Gasteiger partial charge in [-0.05, 0) is 25.0 Å². The van der Waals surface area contributed by atoms with E-state index in [1.54, 1.807) is 0 Å². The van der Waals surface area contributed by atoms with Crippen LogP contribution in [0, 0.1) is 11.6 Å². The summed E-state index contributed by atoms with van der Waals surface area (Å²) in [5.41, 5.74) is -0.137. The van der Waals surface area contributed by atoms with Gasteiger partial charge in [0.05, 0.1) is 5.56 Å². The molecule has 2 aromatic rings. The monoisotopic (exact) mass is 384 g/mol. The number of rotatable bonds is 4. The molecule has 1 amide bonds. The van der Waals surface area contributed by atoms with Gasteiger partial charge in [0.25, 0.3) is 15.9 Å². The van der Waals surface area contributed by atoms with Crippen LogP contribution in [0.1, 0.15) is 29.6 Å². The van der Waals surface area contributed by atoms with Crippen molar-refractivity contribution in [3.8, 4) is 0 Å². The molecule has 0 unspecified atom stereocenters. The largest absolute Gasteiger partial charge is 0.322 e. The van der Waals surface area contributed by atoms with E-state index in [1.807, 2.05) is 0 Å². The van der Waals surface area contributed by atoms with Crippen molar-refractivity contribution in [1.82, 2.24) is 14.1 Å². The minimum absolute atomic E-state index is 0.0130. The maximum Gasteiger partial charge on any atom is 0.263 e. The van der Waals surface area contributed by atoms with Crippen molar-refractivity contribution in [1.29, 1.82) is 0 Å². The number of hydrogen-bond donors (Lipinski definition) is 1. The number of nitrogens with one attached hydrogen (secondary N) is 1. The van der Waals surface area contributed by atoms with Gasteiger partial charge >= 0.3 is 0 Å². The highest BCUT2D eigenvalue weighted by Crippen LogP contribution is 2.23. The summed E-state index contributed by atoms with van der Waals surface area (Å²) in [7, 11) is -2.41. The van der Waals surface area contributed by atoms with Crippen LogP contribution in [-0.4, -0.2) is 41.5 Å². The van der Waals surface area contributed by atoms with Crippen LogP contribution in [-0.2, 0) is 17.1 Å². The van der Waals surface area contributed by atoms with E-state index in [9.17, 15) is 22.0 Å². The molecule has 7 nitrogen and oxygen atoms in total. The predicted octanol–water partition coefficient (Wildman–Crippen LogP) is 2.13. The minimum Gasteiger partial charge on any atom is -0.322 e. The number of aromatic nitrogens is 2. The quantitative estimate of drug-likeness (QED) is 0.875. The third-order valence-corrected chi connectivity index (χ3v) is 5.95. The lowest BCUT2D eigenvalue weighted by molar-refractivity contribution is 0.102. The highest BCUT2D eigenvalue weighted by atomic mass is 32.2.